The van der Waals surface area contributed by atoms with Gasteiger partial charge in [0.1, 0.15) is 5.41 Å². The van der Waals surface area contributed by atoms with Crippen LogP contribution in [0.4, 0.5) is 0 Å². The van der Waals surface area contributed by atoms with Crippen LogP contribution >= 0.6 is 0 Å². The Bertz CT molecular complexity index is 235. The highest BCUT2D eigenvalue weighted by molar-refractivity contribution is 6.04. The predicted molar refractivity (Wildman–Crippen MR) is 48.8 cm³/mol. The molecule has 0 radical (unpaired) electrons. The molecule has 0 spiro atoms. The zero-order chi connectivity index (χ0) is 10.6. The van der Waals surface area contributed by atoms with Gasteiger partial charge >= 0.3 is 5.97 Å². The molecule has 1 aliphatic rings. The molecule has 80 valence electrons. The Balaban J connectivity index is 2.25. The van der Waals surface area contributed by atoms with Crippen molar-refractivity contribution in [2.45, 2.75) is 19.3 Å². The summed E-state index contributed by atoms with van der Waals surface area (Å²) in [5.74, 6) is -1.37. The summed E-state index contributed by atoms with van der Waals surface area (Å²) in [5, 5.41) is 11.4. The number of ether oxygens (including phenoxy) is 1. The lowest BCUT2D eigenvalue weighted by molar-refractivity contribution is -0.149. The molecule has 0 aliphatic heterocycles. The summed E-state index contributed by atoms with van der Waals surface area (Å²) >= 11 is 0. The maximum absolute atomic E-state index is 11.4. The van der Waals surface area contributed by atoms with Gasteiger partial charge in [-0.2, -0.15) is 0 Å². The van der Waals surface area contributed by atoms with Gasteiger partial charge in [-0.1, -0.05) is 0 Å². The maximum atomic E-state index is 11.4. The maximum Gasteiger partial charge on any atom is 0.319 e. The van der Waals surface area contributed by atoms with Crippen LogP contribution in [0.25, 0.3) is 0 Å². The van der Waals surface area contributed by atoms with E-state index in [0.29, 0.717) is 32.4 Å². The SMILES string of the molecule is COCCCNC(=O)C1(C(=O)O)CC1. The number of carboxylic acids is 1. The fourth-order valence-electron chi connectivity index (χ4n) is 1.25. The highest BCUT2D eigenvalue weighted by Gasteiger charge is 2.56. The second-order valence-electron chi connectivity index (χ2n) is 3.49. The molecular weight excluding hydrogens is 186 g/mol. The summed E-state index contributed by atoms with van der Waals surface area (Å²) in [7, 11) is 1.58. The van der Waals surface area contributed by atoms with Gasteiger partial charge in [-0.25, -0.2) is 0 Å². The molecule has 0 atom stereocenters. The number of carbonyl (C=O) groups is 2. The van der Waals surface area contributed by atoms with Gasteiger partial charge < -0.3 is 15.2 Å². The molecule has 2 N–H and O–H groups in total. The molecule has 0 heterocycles. The standard InChI is InChI=1S/C9H15NO4/c1-14-6-2-5-10-7(11)9(3-4-9)8(12)13/h2-6H2,1H3,(H,10,11)(H,12,13). The minimum absolute atomic E-state index is 0.360. The number of carbonyl (C=O) groups excluding carboxylic acids is 1. The van der Waals surface area contributed by atoms with Crippen LogP contribution in [-0.4, -0.2) is 37.2 Å². The third kappa shape index (κ3) is 2.23. The van der Waals surface area contributed by atoms with Gasteiger partial charge in [-0.15, -0.1) is 0 Å². The topological polar surface area (TPSA) is 75.6 Å². The second kappa shape index (κ2) is 4.41. The average Bonchev–Trinajstić information content (AvgIpc) is 2.92. The molecule has 1 rings (SSSR count). The van der Waals surface area contributed by atoms with Crippen LogP contribution < -0.4 is 5.32 Å². The average molecular weight is 201 g/mol. The molecule has 1 aliphatic carbocycles. The van der Waals surface area contributed by atoms with Crippen molar-refractivity contribution in [1.82, 2.24) is 5.32 Å². The van der Waals surface area contributed by atoms with Gasteiger partial charge in [0.15, 0.2) is 0 Å². The molecule has 1 fully saturated rings. The number of rotatable bonds is 6. The molecule has 0 aromatic heterocycles. The summed E-state index contributed by atoms with van der Waals surface area (Å²) in [4.78, 5) is 22.1. The van der Waals surface area contributed by atoms with E-state index >= 15 is 0 Å². The van der Waals surface area contributed by atoms with E-state index in [9.17, 15) is 9.59 Å². The normalized spacial score (nSPS) is 17.5. The van der Waals surface area contributed by atoms with Crippen molar-refractivity contribution in [2.24, 2.45) is 5.41 Å². The van der Waals surface area contributed by atoms with Crippen molar-refractivity contribution in [3.8, 4) is 0 Å². The van der Waals surface area contributed by atoms with Crippen LogP contribution in [0.15, 0.2) is 0 Å². The van der Waals surface area contributed by atoms with E-state index in [1.54, 1.807) is 7.11 Å². The molecular formula is C9H15NO4. The molecule has 1 amide bonds. The van der Waals surface area contributed by atoms with Crippen LogP contribution in [-0.2, 0) is 14.3 Å². The van der Waals surface area contributed by atoms with Gasteiger partial charge in [0, 0.05) is 20.3 Å². The molecule has 0 unspecified atom stereocenters. The summed E-state index contributed by atoms with van der Waals surface area (Å²) in [6, 6.07) is 0. The number of aliphatic carboxylic acids is 1. The number of methoxy groups -OCH3 is 1. The van der Waals surface area contributed by atoms with Crippen molar-refractivity contribution in [3.05, 3.63) is 0 Å². The monoisotopic (exact) mass is 201 g/mol. The number of carboxylic acid groups (broad SMARTS) is 1. The van der Waals surface area contributed by atoms with Crippen LogP contribution in [0.2, 0.25) is 0 Å². The first kappa shape index (κ1) is 11.0. The van der Waals surface area contributed by atoms with E-state index in [1.807, 2.05) is 0 Å². The third-order valence-corrected chi connectivity index (χ3v) is 2.40. The summed E-state index contributed by atoms with van der Waals surface area (Å²) in [6.07, 6.45) is 1.62. The van der Waals surface area contributed by atoms with E-state index in [0.717, 1.165) is 0 Å². The first-order valence-corrected chi connectivity index (χ1v) is 4.64. The molecule has 0 bridgehead atoms. The lowest BCUT2D eigenvalue weighted by Gasteiger charge is -2.10. The highest BCUT2D eigenvalue weighted by Crippen LogP contribution is 2.45. The van der Waals surface area contributed by atoms with E-state index in [1.165, 1.54) is 0 Å². The molecule has 5 nitrogen and oxygen atoms in total. The Morgan fingerprint density at radius 2 is 2.14 bits per heavy atom. The summed E-state index contributed by atoms with van der Waals surface area (Å²) < 4.78 is 4.80. The zero-order valence-electron chi connectivity index (χ0n) is 8.21. The molecule has 14 heavy (non-hydrogen) atoms. The van der Waals surface area contributed by atoms with Gasteiger partial charge in [-0.3, -0.25) is 9.59 Å². The minimum Gasteiger partial charge on any atom is -0.480 e. The smallest absolute Gasteiger partial charge is 0.319 e. The van der Waals surface area contributed by atoms with Crippen LogP contribution in [0.3, 0.4) is 0 Å². The van der Waals surface area contributed by atoms with Crippen molar-refractivity contribution in [1.29, 1.82) is 0 Å². The van der Waals surface area contributed by atoms with E-state index in [2.05, 4.69) is 5.32 Å². The van der Waals surface area contributed by atoms with Gasteiger partial charge in [0.25, 0.3) is 0 Å². The molecule has 0 aromatic rings. The van der Waals surface area contributed by atoms with Gasteiger partial charge in [0.2, 0.25) is 5.91 Å². The first-order chi connectivity index (χ1) is 6.63. The molecule has 1 saturated carbocycles. The summed E-state index contributed by atoms with van der Waals surface area (Å²) in [5.41, 5.74) is -1.12. The number of amides is 1. The Hall–Kier alpha value is -1.10. The quantitative estimate of drug-likeness (QED) is 0.468. The van der Waals surface area contributed by atoms with Crippen LogP contribution in [0, 0.1) is 5.41 Å². The predicted octanol–water partition coefficient (Wildman–Crippen LogP) is 0.00390. The lowest BCUT2D eigenvalue weighted by atomic mass is 10.1. The highest BCUT2D eigenvalue weighted by atomic mass is 16.5. The van der Waals surface area contributed by atoms with Crippen molar-refractivity contribution < 1.29 is 19.4 Å². The lowest BCUT2D eigenvalue weighted by Crippen LogP contribution is -2.37. The minimum atomic E-state index is -1.12. The number of hydrogen-bond donors (Lipinski definition) is 2. The van der Waals surface area contributed by atoms with Crippen molar-refractivity contribution in [2.75, 3.05) is 20.3 Å². The second-order valence-corrected chi connectivity index (χ2v) is 3.49. The summed E-state index contributed by atoms with van der Waals surface area (Å²) in [6.45, 7) is 1.04. The Labute approximate surface area is 82.4 Å². The Morgan fingerprint density at radius 1 is 1.50 bits per heavy atom. The fourth-order valence-corrected chi connectivity index (χ4v) is 1.25. The first-order valence-electron chi connectivity index (χ1n) is 4.64. The Morgan fingerprint density at radius 3 is 2.57 bits per heavy atom. The third-order valence-electron chi connectivity index (χ3n) is 2.40. The van der Waals surface area contributed by atoms with Crippen LogP contribution in [0.5, 0.6) is 0 Å². The molecule has 5 heteroatoms. The van der Waals surface area contributed by atoms with Crippen LogP contribution in [0.1, 0.15) is 19.3 Å². The largest absolute Gasteiger partial charge is 0.480 e. The van der Waals surface area contributed by atoms with E-state index in [-0.39, 0.29) is 5.91 Å². The zero-order valence-corrected chi connectivity index (χ0v) is 8.21. The van der Waals surface area contributed by atoms with Crippen molar-refractivity contribution >= 4 is 11.9 Å². The molecule has 0 aromatic carbocycles. The number of hydrogen-bond acceptors (Lipinski definition) is 3. The van der Waals surface area contributed by atoms with Gasteiger partial charge in [-0.05, 0) is 19.3 Å². The van der Waals surface area contributed by atoms with Crippen molar-refractivity contribution in [3.63, 3.8) is 0 Å². The fraction of sp³-hybridized carbons (Fsp3) is 0.778. The Kier molecular flexibility index (Phi) is 3.46. The van der Waals surface area contributed by atoms with Gasteiger partial charge in [0.05, 0.1) is 0 Å². The number of nitrogens with one attached hydrogen (secondary N) is 1. The van der Waals surface area contributed by atoms with E-state index < -0.39 is 11.4 Å². The molecule has 0 saturated heterocycles. The van der Waals surface area contributed by atoms with E-state index in [4.69, 9.17) is 9.84 Å².